The SMILES string of the molecule is Cc1cc(C[C@@H]2CCN(C(C)c3cnc4c(c3)nc(C)n4COCCS(C)(C)C)C2)cc(C)n1. The largest absolute Gasteiger partial charge is 0.360 e. The first-order valence-corrected chi connectivity index (χ1v) is 15.4. The third kappa shape index (κ3) is 6.18. The van der Waals surface area contributed by atoms with Gasteiger partial charge < -0.3 is 4.74 Å². The van der Waals surface area contributed by atoms with Crippen molar-refractivity contribution in [2.24, 2.45) is 5.92 Å². The van der Waals surface area contributed by atoms with E-state index in [1.165, 1.54) is 17.5 Å². The molecule has 0 saturated carbocycles. The topological polar surface area (TPSA) is 56.1 Å². The molecule has 1 saturated heterocycles. The van der Waals surface area contributed by atoms with Gasteiger partial charge in [-0.05, 0) is 101 Å². The normalized spacial score (nSPS) is 18.6. The van der Waals surface area contributed by atoms with Crippen molar-refractivity contribution < 1.29 is 4.74 Å². The standard InChI is InChI=1S/C27H41N5OS/c1-19-12-24(13-20(2)29-19)14-23-8-9-31(17-23)21(3)25-15-26-27(28-16-25)32(22(4)30-26)18-33-10-11-34(5,6)7/h12-13,15-16,21,23H,8-11,14,17-18H2,1-7H3/t21?,23-/m0/s1. The summed E-state index contributed by atoms with van der Waals surface area (Å²) in [7, 11) is -0.540. The van der Waals surface area contributed by atoms with Crippen LogP contribution in [0.5, 0.6) is 0 Å². The minimum atomic E-state index is -0.540. The molecule has 1 aliphatic rings. The summed E-state index contributed by atoms with van der Waals surface area (Å²) in [4.78, 5) is 16.7. The van der Waals surface area contributed by atoms with Gasteiger partial charge in [0.2, 0.25) is 0 Å². The van der Waals surface area contributed by atoms with Crippen molar-refractivity contribution in [1.29, 1.82) is 0 Å². The molecule has 2 atom stereocenters. The second-order valence-corrected chi connectivity index (χ2v) is 15.4. The van der Waals surface area contributed by atoms with Gasteiger partial charge in [0.1, 0.15) is 18.1 Å². The Kier molecular flexibility index (Phi) is 7.65. The number of fused-ring (bicyclic) bond motifs is 1. The average molecular weight is 484 g/mol. The third-order valence-corrected chi connectivity index (χ3v) is 8.26. The number of aryl methyl sites for hydroxylation is 3. The number of pyridine rings is 2. The fraction of sp³-hybridized carbons (Fsp3) is 0.593. The first-order valence-electron chi connectivity index (χ1n) is 12.3. The van der Waals surface area contributed by atoms with E-state index in [0.29, 0.717) is 18.7 Å². The van der Waals surface area contributed by atoms with Crippen LogP contribution >= 0.6 is 10.0 Å². The summed E-state index contributed by atoms with van der Waals surface area (Å²) >= 11 is 0. The molecule has 4 rings (SSSR count). The van der Waals surface area contributed by atoms with Gasteiger partial charge in [0.05, 0.1) is 6.61 Å². The molecule has 0 radical (unpaired) electrons. The quantitative estimate of drug-likeness (QED) is 0.399. The fourth-order valence-corrected chi connectivity index (χ4v) is 5.57. The molecular weight excluding hydrogens is 442 g/mol. The number of imidazole rings is 1. The maximum absolute atomic E-state index is 5.97. The van der Waals surface area contributed by atoms with Crippen LogP contribution in [0.1, 0.15) is 47.7 Å². The molecule has 7 heteroatoms. The summed E-state index contributed by atoms with van der Waals surface area (Å²) in [5.74, 6) is 2.76. The number of likely N-dealkylation sites (tertiary alicyclic amines) is 1. The molecule has 0 aromatic carbocycles. The summed E-state index contributed by atoms with van der Waals surface area (Å²) in [5.41, 5.74) is 6.77. The monoisotopic (exact) mass is 483 g/mol. The molecule has 4 heterocycles. The van der Waals surface area contributed by atoms with Crippen molar-refractivity contribution in [2.45, 2.75) is 53.3 Å². The van der Waals surface area contributed by atoms with E-state index in [1.54, 1.807) is 0 Å². The fourth-order valence-electron chi connectivity index (χ4n) is 4.95. The van der Waals surface area contributed by atoms with Crippen LogP contribution in [0.4, 0.5) is 0 Å². The Morgan fingerprint density at radius 2 is 1.82 bits per heavy atom. The highest BCUT2D eigenvalue weighted by atomic mass is 32.3. The molecule has 186 valence electrons. The Morgan fingerprint density at radius 1 is 1.09 bits per heavy atom. The summed E-state index contributed by atoms with van der Waals surface area (Å²) < 4.78 is 8.06. The van der Waals surface area contributed by atoms with Crippen LogP contribution in [0.2, 0.25) is 0 Å². The third-order valence-electron chi connectivity index (χ3n) is 6.87. The number of hydrogen-bond donors (Lipinski definition) is 0. The molecule has 6 nitrogen and oxygen atoms in total. The van der Waals surface area contributed by atoms with E-state index >= 15 is 0 Å². The second kappa shape index (κ2) is 10.3. The zero-order valence-electron chi connectivity index (χ0n) is 22.0. The Labute approximate surface area is 206 Å². The molecular formula is C27H41N5OS. The molecule has 1 aliphatic heterocycles. The van der Waals surface area contributed by atoms with Gasteiger partial charge in [-0.2, -0.15) is 0 Å². The lowest BCUT2D eigenvalue weighted by Crippen LogP contribution is -2.25. The van der Waals surface area contributed by atoms with Gasteiger partial charge in [-0.25, -0.2) is 20.0 Å². The van der Waals surface area contributed by atoms with E-state index < -0.39 is 10.0 Å². The molecule has 0 N–H and O–H groups in total. The average Bonchev–Trinajstić information content (AvgIpc) is 3.32. The zero-order chi connectivity index (χ0) is 24.5. The molecule has 1 unspecified atom stereocenters. The Morgan fingerprint density at radius 3 is 2.53 bits per heavy atom. The number of hydrogen-bond acceptors (Lipinski definition) is 5. The van der Waals surface area contributed by atoms with Gasteiger partial charge in [-0.1, -0.05) is 0 Å². The number of nitrogens with zero attached hydrogens (tertiary/aromatic N) is 5. The lowest BCUT2D eigenvalue weighted by atomic mass is 9.98. The maximum atomic E-state index is 5.97. The number of rotatable bonds is 9. The number of aromatic nitrogens is 4. The lowest BCUT2D eigenvalue weighted by molar-refractivity contribution is 0.0906. The minimum absolute atomic E-state index is 0.333. The van der Waals surface area contributed by atoms with Crippen LogP contribution in [0, 0.1) is 26.7 Å². The van der Waals surface area contributed by atoms with Crippen molar-refractivity contribution in [2.75, 3.05) is 44.2 Å². The molecule has 0 spiro atoms. The van der Waals surface area contributed by atoms with Crippen molar-refractivity contribution >= 4 is 21.2 Å². The molecule has 0 bridgehead atoms. The van der Waals surface area contributed by atoms with Crippen LogP contribution in [0.3, 0.4) is 0 Å². The number of ether oxygens (including phenoxy) is 1. The van der Waals surface area contributed by atoms with E-state index in [1.807, 2.05) is 13.1 Å². The minimum Gasteiger partial charge on any atom is -0.360 e. The summed E-state index contributed by atoms with van der Waals surface area (Å²) in [6.45, 7) is 12.1. The molecule has 1 fully saturated rings. The summed E-state index contributed by atoms with van der Waals surface area (Å²) in [6.07, 6.45) is 11.4. The summed E-state index contributed by atoms with van der Waals surface area (Å²) in [5, 5.41) is 0. The van der Waals surface area contributed by atoms with E-state index in [4.69, 9.17) is 14.7 Å². The highest BCUT2D eigenvalue weighted by molar-refractivity contribution is 8.32. The zero-order valence-corrected chi connectivity index (χ0v) is 22.8. The Bertz CT molecular complexity index is 1120. The molecule has 0 amide bonds. The van der Waals surface area contributed by atoms with E-state index in [-0.39, 0.29) is 0 Å². The van der Waals surface area contributed by atoms with Crippen molar-refractivity contribution in [1.82, 2.24) is 24.4 Å². The molecule has 0 aliphatic carbocycles. The Hall–Kier alpha value is -1.96. The summed E-state index contributed by atoms with van der Waals surface area (Å²) in [6, 6.07) is 7.03. The van der Waals surface area contributed by atoms with Gasteiger partial charge in [-0.3, -0.25) is 14.5 Å². The van der Waals surface area contributed by atoms with Crippen LogP contribution in [0.15, 0.2) is 24.4 Å². The van der Waals surface area contributed by atoms with Gasteiger partial charge >= 0.3 is 0 Å². The van der Waals surface area contributed by atoms with E-state index in [0.717, 1.165) is 60.2 Å². The highest BCUT2D eigenvalue weighted by Gasteiger charge is 2.27. The lowest BCUT2D eigenvalue weighted by Gasteiger charge is -2.25. The molecule has 3 aromatic rings. The van der Waals surface area contributed by atoms with Gasteiger partial charge in [0.15, 0.2) is 5.65 Å². The van der Waals surface area contributed by atoms with Crippen LogP contribution in [-0.4, -0.2) is 68.6 Å². The van der Waals surface area contributed by atoms with Crippen molar-refractivity contribution in [3.05, 3.63) is 52.7 Å². The smallest absolute Gasteiger partial charge is 0.161 e. The first kappa shape index (κ1) is 25.1. The van der Waals surface area contributed by atoms with Crippen molar-refractivity contribution in [3.8, 4) is 0 Å². The van der Waals surface area contributed by atoms with E-state index in [9.17, 15) is 0 Å². The van der Waals surface area contributed by atoms with Gasteiger partial charge in [-0.15, -0.1) is 0 Å². The first-order chi connectivity index (χ1) is 16.1. The van der Waals surface area contributed by atoms with E-state index in [2.05, 4.69) is 72.2 Å². The van der Waals surface area contributed by atoms with Crippen molar-refractivity contribution in [3.63, 3.8) is 0 Å². The second-order valence-electron chi connectivity index (χ2n) is 10.8. The van der Waals surface area contributed by atoms with Gasteiger partial charge in [0.25, 0.3) is 0 Å². The highest BCUT2D eigenvalue weighted by Crippen LogP contribution is 2.34. The maximum Gasteiger partial charge on any atom is 0.161 e. The Balaban J connectivity index is 1.39. The van der Waals surface area contributed by atoms with Crippen LogP contribution in [-0.2, 0) is 17.9 Å². The predicted octanol–water partition coefficient (Wildman–Crippen LogP) is 5.05. The van der Waals surface area contributed by atoms with Crippen LogP contribution in [0.25, 0.3) is 11.2 Å². The molecule has 3 aromatic heterocycles. The molecule has 34 heavy (non-hydrogen) atoms. The predicted molar refractivity (Wildman–Crippen MR) is 144 cm³/mol. The van der Waals surface area contributed by atoms with Gasteiger partial charge in [0, 0.05) is 35.9 Å². The van der Waals surface area contributed by atoms with Crippen LogP contribution < -0.4 is 0 Å².